The van der Waals surface area contributed by atoms with Gasteiger partial charge in [0, 0.05) is 53.4 Å². The van der Waals surface area contributed by atoms with E-state index in [2.05, 4.69) is 15.2 Å². The Morgan fingerprint density at radius 3 is 2.62 bits per heavy atom. The smallest absolute Gasteiger partial charge is 0.305 e. The summed E-state index contributed by atoms with van der Waals surface area (Å²) in [6, 6.07) is 0. The van der Waals surface area contributed by atoms with Gasteiger partial charge in [0.2, 0.25) is 0 Å². The van der Waals surface area contributed by atoms with Gasteiger partial charge in [-0.25, -0.2) is 0 Å². The summed E-state index contributed by atoms with van der Waals surface area (Å²) in [5.41, 5.74) is 0. The predicted octanol–water partition coefficient (Wildman–Crippen LogP) is 1.42. The van der Waals surface area contributed by atoms with E-state index in [-0.39, 0.29) is 5.97 Å². The molecule has 1 saturated heterocycles. The van der Waals surface area contributed by atoms with Crippen molar-refractivity contribution in [2.45, 2.75) is 45.1 Å². The lowest BCUT2D eigenvalue weighted by Gasteiger charge is -2.34. The van der Waals surface area contributed by atoms with Gasteiger partial charge in [0.25, 0.3) is 0 Å². The molecule has 0 aromatic heterocycles. The maximum absolute atomic E-state index is 11.3. The van der Waals surface area contributed by atoms with E-state index in [9.17, 15) is 4.79 Å². The zero-order chi connectivity index (χ0) is 17.6. The average molecular weight is 343 g/mol. The van der Waals surface area contributed by atoms with E-state index < -0.39 is 0 Å². The van der Waals surface area contributed by atoms with Gasteiger partial charge in [0.05, 0.1) is 12.7 Å². The van der Waals surface area contributed by atoms with E-state index in [0.717, 1.165) is 64.5 Å². The number of hydrogen-bond acceptors (Lipinski definition) is 5. The molecule has 1 aliphatic rings. The largest absolute Gasteiger partial charge is 0.466 e. The van der Waals surface area contributed by atoms with Crippen LogP contribution >= 0.6 is 0 Å². The molecule has 140 valence electrons. The number of piperidine rings is 1. The molecule has 0 spiro atoms. The molecule has 0 aliphatic carbocycles. The minimum Gasteiger partial charge on any atom is -0.466 e. The van der Waals surface area contributed by atoms with Crippen LogP contribution in [0.4, 0.5) is 0 Å². The lowest BCUT2D eigenvalue weighted by molar-refractivity contribution is -0.143. The van der Waals surface area contributed by atoms with Crippen LogP contribution in [0, 0.1) is 0 Å². The van der Waals surface area contributed by atoms with Crippen molar-refractivity contribution in [2.75, 3.05) is 53.6 Å². The quantitative estimate of drug-likeness (QED) is 0.280. The second kappa shape index (κ2) is 13.0. The van der Waals surface area contributed by atoms with Crippen molar-refractivity contribution in [1.82, 2.24) is 10.2 Å². The Hall–Kier alpha value is -1.34. The first kappa shape index (κ1) is 20.7. The zero-order valence-corrected chi connectivity index (χ0v) is 15.4. The summed E-state index contributed by atoms with van der Waals surface area (Å²) in [4.78, 5) is 17.9. The number of aliphatic imine (C=N–C) groups is 1. The van der Waals surface area contributed by atoms with E-state index in [0.29, 0.717) is 19.1 Å². The first-order valence-corrected chi connectivity index (χ1v) is 8.93. The number of esters is 1. The predicted molar refractivity (Wildman–Crippen MR) is 94.3 cm³/mol. The van der Waals surface area contributed by atoms with E-state index in [1.807, 2.05) is 6.92 Å². The number of guanidine groups is 1. The highest BCUT2D eigenvalue weighted by Crippen LogP contribution is 2.14. The number of ether oxygens (including phenoxy) is 3. The molecule has 7 heteroatoms. The van der Waals surface area contributed by atoms with Crippen molar-refractivity contribution in [1.29, 1.82) is 0 Å². The fourth-order valence-electron chi connectivity index (χ4n) is 2.69. The van der Waals surface area contributed by atoms with E-state index in [1.165, 1.54) is 0 Å². The van der Waals surface area contributed by atoms with Crippen LogP contribution < -0.4 is 5.32 Å². The van der Waals surface area contributed by atoms with Gasteiger partial charge in [0.1, 0.15) is 0 Å². The number of nitrogens with one attached hydrogen (secondary N) is 1. The van der Waals surface area contributed by atoms with Crippen LogP contribution in [-0.4, -0.2) is 76.5 Å². The van der Waals surface area contributed by atoms with Gasteiger partial charge in [-0.2, -0.15) is 0 Å². The van der Waals surface area contributed by atoms with Crippen molar-refractivity contribution in [2.24, 2.45) is 4.99 Å². The van der Waals surface area contributed by atoms with E-state index in [1.54, 1.807) is 14.2 Å². The third-order valence-corrected chi connectivity index (χ3v) is 3.95. The molecular weight excluding hydrogens is 310 g/mol. The number of carbonyl (C=O) groups is 1. The number of nitrogens with zero attached hydrogens (tertiary/aromatic N) is 2. The lowest BCUT2D eigenvalue weighted by Crippen LogP contribution is -2.47. The molecule has 0 amide bonds. The summed E-state index contributed by atoms with van der Waals surface area (Å²) in [5.74, 6) is 0.761. The summed E-state index contributed by atoms with van der Waals surface area (Å²) >= 11 is 0. The Bertz CT molecular complexity index is 369. The van der Waals surface area contributed by atoms with Gasteiger partial charge in [-0.15, -0.1) is 0 Å². The van der Waals surface area contributed by atoms with Gasteiger partial charge in [-0.1, -0.05) is 0 Å². The van der Waals surface area contributed by atoms with Gasteiger partial charge in [0.15, 0.2) is 5.96 Å². The van der Waals surface area contributed by atoms with Gasteiger partial charge >= 0.3 is 5.97 Å². The van der Waals surface area contributed by atoms with E-state index >= 15 is 0 Å². The van der Waals surface area contributed by atoms with Crippen LogP contribution in [0.2, 0.25) is 0 Å². The Balaban J connectivity index is 2.17. The Kier molecular flexibility index (Phi) is 11.2. The highest BCUT2D eigenvalue weighted by atomic mass is 16.5. The second-order valence-electron chi connectivity index (χ2n) is 5.79. The molecule has 0 bridgehead atoms. The molecule has 0 saturated carbocycles. The number of likely N-dealkylation sites (tertiary alicyclic amines) is 1. The molecule has 0 unspecified atom stereocenters. The summed E-state index contributed by atoms with van der Waals surface area (Å²) < 4.78 is 15.8. The minimum atomic E-state index is -0.138. The zero-order valence-electron chi connectivity index (χ0n) is 15.4. The number of methoxy groups -OCH3 is 1. The Morgan fingerprint density at radius 1 is 1.25 bits per heavy atom. The van der Waals surface area contributed by atoms with Crippen LogP contribution in [0.15, 0.2) is 4.99 Å². The van der Waals surface area contributed by atoms with Crippen molar-refractivity contribution >= 4 is 11.9 Å². The number of rotatable bonds is 10. The summed E-state index contributed by atoms with van der Waals surface area (Å²) in [7, 11) is 3.50. The van der Waals surface area contributed by atoms with Crippen LogP contribution in [0.5, 0.6) is 0 Å². The molecule has 24 heavy (non-hydrogen) atoms. The first-order chi connectivity index (χ1) is 11.7. The molecule has 1 rings (SSSR count). The molecular formula is C17H33N3O4. The minimum absolute atomic E-state index is 0.138. The molecule has 7 nitrogen and oxygen atoms in total. The molecule has 0 aromatic rings. The third-order valence-electron chi connectivity index (χ3n) is 3.95. The summed E-state index contributed by atoms with van der Waals surface area (Å²) in [6.07, 6.45) is 4.49. The normalized spacial score (nSPS) is 16.3. The third kappa shape index (κ3) is 8.49. The molecule has 1 aliphatic heterocycles. The van der Waals surface area contributed by atoms with Crippen molar-refractivity contribution < 1.29 is 19.0 Å². The number of hydrogen-bond donors (Lipinski definition) is 1. The number of carbonyl (C=O) groups excluding carboxylic acids is 1. The van der Waals surface area contributed by atoms with Crippen LogP contribution in [-0.2, 0) is 19.0 Å². The van der Waals surface area contributed by atoms with Gasteiger partial charge < -0.3 is 24.4 Å². The Morgan fingerprint density at radius 2 is 2.00 bits per heavy atom. The topological polar surface area (TPSA) is 72.4 Å². The highest BCUT2D eigenvalue weighted by molar-refractivity contribution is 5.80. The maximum Gasteiger partial charge on any atom is 0.305 e. The molecule has 0 aromatic carbocycles. The molecule has 0 radical (unpaired) electrons. The SMILES string of the molecule is CCOC(=O)CCCNC(=NC)N1CCC(OCCCOC)CC1. The summed E-state index contributed by atoms with van der Waals surface area (Å²) in [6.45, 7) is 6.37. The monoisotopic (exact) mass is 343 g/mol. The van der Waals surface area contributed by atoms with E-state index in [4.69, 9.17) is 14.2 Å². The summed E-state index contributed by atoms with van der Waals surface area (Å²) in [5, 5.41) is 3.32. The van der Waals surface area contributed by atoms with Gasteiger partial charge in [-0.05, 0) is 32.6 Å². The van der Waals surface area contributed by atoms with Crippen molar-refractivity contribution in [3.63, 3.8) is 0 Å². The van der Waals surface area contributed by atoms with Crippen molar-refractivity contribution in [3.05, 3.63) is 0 Å². The van der Waals surface area contributed by atoms with Gasteiger partial charge in [-0.3, -0.25) is 9.79 Å². The molecule has 1 fully saturated rings. The maximum atomic E-state index is 11.3. The Labute approximate surface area is 145 Å². The fourth-order valence-corrected chi connectivity index (χ4v) is 2.69. The fraction of sp³-hybridized carbons (Fsp3) is 0.882. The molecule has 1 N–H and O–H groups in total. The standard InChI is InChI=1S/C17H33N3O4/c1-4-23-16(21)7-5-10-19-17(18-2)20-11-8-15(9-12-20)24-14-6-13-22-3/h15H,4-14H2,1-3H3,(H,18,19). The second-order valence-corrected chi connectivity index (χ2v) is 5.79. The molecule has 1 heterocycles. The highest BCUT2D eigenvalue weighted by Gasteiger charge is 2.21. The van der Waals surface area contributed by atoms with Crippen LogP contribution in [0.25, 0.3) is 0 Å². The molecule has 0 atom stereocenters. The first-order valence-electron chi connectivity index (χ1n) is 8.93. The lowest BCUT2D eigenvalue weighted by atomic mass is 10.1. The average Bonchev–Trinajstić information content (AvgIpc) is 2.60. The van der Waals surface area contributed by atoms with Crippen LogP contribution in [0.1, 0.15) is 39.0 Å². The van der Waals surface area contributed by atoms with Crippen molar-refractivity contribution in [3.8, 4) is 0 Å². The van der Waals surface area contributed by atoms with Crippen LogP contribution in [0.3, 0.4) is 0 Å².